The Morgan fingerprint density at radius 2 is 1.60 bits per heavy atom. The third kappa shape index (κ3) is 10.9. The normalized spacial score (nSPS) is 18.3. The molecule has 15 heteroatoms. The number of aromatic nitrogens is 1. The van der Waals surface area contributed by atoms with Crippen LogP contribution in [0.4, 0.5) is 5.69 Å². The fourth-order valence-corrected chi connectivity index (χ4v) is 8.61. The minimum absolute atomic E-state index is 0.0499. The number of hydrogen-bond acceptors (Lipinski definition) is 10. The van der Waals surface area contributed by atoms with E-state index in [1.165, 1.54) is 12.1 Å². The maximum absolute atomic E-state index is 13.3. The molecule has 0 radical (unpaired) electrons. The molecule has 5 heterocycles. The number of carbonyl (C=O) groups is 7. The van der Waals surface area contributed by atoms with E-state index in [0.29, 0.717) is 70.1 Å². The van der Waals surface area contributed by atoms with Crippen LogP contribution in [0.25, 0.3) is 6.08 Å². The van der Waals surface area contributed by atoms with Crippen molar-refractivity contribution in [2.24, 2.45) is 5.92 Å². The lowest BCUT2D eigenvalue weighted by molar-refractivity contribution is -0.136. The Morgan fingerprint density at radius 3 is 2.34 bits per heavy atom. The van der Waals surface area contributed by atoms with E-state index >= 15 is 0 Å². The molecule has 2 N–H and O–H groups in total. The summed E-state index contributed by atoms with van der Waals surface area (Å²) in [6.07, 6.45) is 14.4. The summed E-state index contributed by atoms with van der Waals surface area (Å²) < 4.78 is 5.93. The van der Waals surface area contributed by atoms with Crippen LogP contribution in [0.1, 0.15) is 107 Å². The van der Waals surface area contributed by atoms with Crippen LogP contribution in [-0.2, 0) is 19.2 Å². The molecule has 1 aromatic heterocycles. The fraction of sp³-hybridized carbons (Fsp3) is 0.447. The lowest BCUT2D eigenvalue weighted by atomic mass is 9.91. The van der Waals surface area contributed by atoms with Crippen molar-refractivity contribution >= 4 is 53.1 Å². The van der Waals surface area contributed by atoms with Crippen molar-refractivity contribution < 1.29 is 38.3 Å². The van der Waals surface area contributed by atoms with Gasteiger partial charge in [-0.15, -0.1) is 0 Å². The molecule has 3 saturated heterocycles. The predicted molar refractivity (Wildman–Crippen MR) is 231 cm³/mol. The molecule has 0 bridgehead atoms. The van der Waals surface area contributed by atoms with Gasteiger partial charge in [0.15, 0.2) is 0 Å². The molecule has 0 saturated carbocycles. The van der Waals surface area contributed by atoms with Gasteiger partial charge in [0.25, 0.3) is 17.7 Å². The fourth-order valence-electron chi connectivity index (χ4n) is 8.61. The SMILES string of the molecule is O=C(/C=C/c1cccnc1)NCCCCC1CCN(C(=O)c2ccc(N3CCN(C(=O)CCCCCOc4cccc5c4C(=O)N(C4CCC(=O)NC4=O)C5=O)CC3)cc2)CC1. The van der Waals surface area contributed by atoms with Gasteiger partial charge in [0.1, 0.15) is 11.8 Å². The number of rotatable bonds is 17. The lowest BCUT2D eigenvalue weighted by Crippen LogP contribution is -2.54. The average Bonchev–Trinajstić information content (AvgIpc) is 3.55. The predicted octanol–water partition coefficient (Wildman–Crippen LogP) is 4.62. The topological polar surface area (TPSA) is 179 Å². The average molecular weight is 846 g/mol. The second-order valence-corrected chi connectivity index (χ2v) is 16.3. The van der Waals surface area contributed by atoms with Crippen LogP contribution in [0.3, 0.4) is 0 Å². The van der Waals surface area contributed by atoms with Crippen molar-refractivity contribution in [2.75, 3.05) is 57.3 Å². The highest BCUT2D eigenvalue weighted by Crippen LogP contribution is 2.34. The summed E-state index contributed by atoms with van der Waals surface area (Å²) in [6.45, 7) is 5.10. The zero-order valence-electron chi connectivity index (χ0n) is 35.1. The van der Waals surface area contributed by atoms with Crippen LogP contribution in [0.5, 0.6) is 5.75 Å². The second kappa shape index (κ2) is 20.9. The van der Waals surface area contributed by atoms with Crippen LogP contribution in [0.15, 0.2) is 73.1 Å². The first-order valence-electron chi connectivity index (χ1n) is 21.9. The van der Waals surface area contributed by atoms with Crippen molar-refractivity contribution in [1.29, 1.82) is 0 Å². The number of hydrogen-bond donors (Lipinski definition) is 2. The number of piperazine rings is 1. The quantitative estimate of drug-likeness (QED) is 0.111. The van der Waals surface area contributed by atoms with E-state index in [4.69, 9.17) is 4.74 Å². The van der Waals surface area contributed by atoms with Gasteiger partial charge in [0, 0.05) is 88.4 Å². The first-order valence-corrected chi connectivity index (χ1v) is 21.9. The largest absolute Gasteiger partial charge is 0.493 e. The molecule has 15 nitrogen and oxygen atoms in total. The first kappa shape index (κ1) is 43.7. The van der Waals surface area contributed by atoms with Crippen LogP contribution in [0, 0.1) is 5.92 Å². The van der Waals surface area contributed by atoms with Crippen molar-refractivity contribution in [2.45, 2.75) is 76.7 Å². The highest BCUT2D eigenvalue weighted by molar-refractivity contribution is 6.24. The van der Waals surface area contributed by atoms with E-state index in [1.807, 2.05) is 46.2 Å². The van der Waals surface area contributed by atoms with E-state index in [2.05, 4.69) is 20.5 Å². The molecular formula is C47H55N7O8. The minimum Gasteiger partial charge on any atom is -0.493 e. The van der Waals surface area contributed by atoms with E-state index in [-0.39, 0.29) is 47.4 Å². The van der Waals surface area contributed by atoms with Gasteiger partial charge in [0.05, 0.1) is 17.7 Å². The zero-order chi connectivity index (χ0) is 43.4. The molecule has 7 amide bonds. The van der Waals surface area contributed by atoms with Crippen LogP contribution in [-0.4, -0.2) is 119 Å². The van der Waals surface area contributed by atoms with E-state index in [1.54, 1.807) is 30.6 Å². The number of benzene rings is 2. The Bertz CT molecular complexity index is 2140. The molecule has 3 aromatic rings. The number of likely N-dealkylation sites (tertiary alicyclic amines) is 1. The molecule has 4 aliphatic rings. The molecule has 0 aliphatic carbocycles. The first-order chi connectivity index (χ1) is 30.2. The molecule has 1 atom stereocenters. The number of pyridine rings is 1. The molecule has 62 heavy (non-hydrogen) atoms. The van der Waals surface area contributed by atoms with Gasteiger partial charge in [-0.3, -0.25) is 48.8 Å². The summed E-state index contributed by atoms with van der Waals surface area (Å²) in [5, 5.41) is 5.15. The number of carbonyl (C=O) groups excluding carboxylic acids is 7. The van der Waals surface area contributed by atoms with Crippen molar-refractivity contribution in [3.8, 4) is 5.75 Å². The molecular weight excluding hydrogens is 791 g/mol. The van der Waals surface area contributed by atoms with Crippen LogP contribution < -0.4 is 20.3 Å². The van der Waals surface area contributed by atoms with E-state index in [9.17, 15) is 33.6 Å². The second-order valence-electron chi connectivity index (χ2n) is 16.3. The Kier molecular flexibility index (Phi) is 14.8. The van der Waals surface area contributed by atoms with Gasteiger partial charge in [-0.05, 0) is 105 Å². The number of amides is 7. The number of piperidine rings is 2. The Morgan fingerprint density at radius 1 is 0.806 bits per heavy atom. The third-order valence-electron chi connectivity index (χ3n) is 12.2. The number of anilines is 1. The Balaban J connectivity index is 0.747. The molecule has 4 aliphatic heterocycles. The minimum atomic E-state index is -1.04. The van der Waals surface area contributed by atoms with Crippen LogP contribution in [0.2, 0.25) is 0 Å². The molecule has 7 rings (SSSR count). The summed E-state index contributed by atoms with van der Waals surface area (Å²) in [7, 11) is 0. The number of ether oxygens (including phenoxy) is 1. The van der Waals surface area contributed by atoms with Gasteiger partial charge in [-0.2, -0.15) is 0 Å². The van der Waals surface area contributed by atoms with Crippen molar-refractivity contribution in [3.63, 3.8) is 0 Å². The highest BCUT2D eigenvalue weighted by atomic mass is 16.5. The molecule has 2 aromatic carbocycles. The van der Waals surface area contributed by atoms with E-state index < -0.39 is 29.7 Å². The number of nitrogens with one attached hydrogen (secondary N) is 2. The smallest absolute Gasteiger partial charge is 0.266 e. The maximum Gasteiger partial charge on any atom is 0.266 e. The summed E-state index contributed by atoms with van der Waals surface area (Å²) in [6, 6.07) is 15.3. The van der Waals surface area contributed by atoms with Gasteiger partial charge in [-0.25, -0.2) is 0 Å². The molecule has 1 unspecified atom stereocenters. The summed E-state index contributed by atoms with van der Waals surface area (Å²) >= 11 is 0. The monoisotopic (exact) mass is 845 g/mol. The number of nitrogens with zero attached hydrogens (tertiary/aromatic N) is 5. The van der Waals surface area contributed by atoms with Gasteiger partial charge < -0.3 is 24.8 Å². The summed E-state index contributed by atoms with van der Waals surface area (Å²) in [5.41, 5.74) is 2.91. The zero-order valence-corrected chi connectivity index (χ0v) is 35.1. The Labute approximate surface area is 361 Å². The van der Waals surface area contributed by atoms with E-state index in [0.717, 1.165) is 67.8 Å². The standard InChI is InChI=1S/C47H55N7O8/c55-40(19-13-34-9-7-23-48-32-34)49-24-4-3-8-33-21-25-53(26-22-33)45(59)35-14-16-36(17-15-35)51-27-29-52(30-28-51)42(57)12-2-1-5-31-62-39-11-6-10-37-43(39)47(61)54(46(37)60)38-18-20-41(56)50-44(38)58/h6-7,9-11,13-17,19,23,32-33,38H,1-5,8,12,18,20-22,24-31H2,(H,49,55)(H,50,56,58)/b19-13+. The van der Waals surface area contributed by atoms with Crippen molar-refractivity contribution in [1.82, 2.24) is 30.3 Å². The Hall–Kier alpha value is -6.38. The van der Waals surface area contributed by atoms with Crippen LogP contribution >= 0.6 is 0 Å². The molecule has 0 spiro atoms. The number of imide groups is 2. The maximum atomic E-state index is 13.3. The number of unbranched alkanes of at least 4 members (excludes halogenated alkanes) is 3. The van der Waals surface area contributed by atoms with Crippen molar-refractivity contribution in [3.05, 3.63) is 95.3 Å². The van der Waals surface area contributed by atoms with Gasteiger partial charge >= 0.3 is 0 Å². The molecule has 326 valence electrons. The lowest BCUT2D eigenvalue weighted by Gasteiger charge is -2.36. The number of fused-ring (bicyclic) bond motifs is 1. The third-order valence-corrected chi connectivity index (χ3v) is 12.2. The van der Waals surface area contributed by atoms with Gasteiger partial charge in [0.2, 0.25) is 23.6 Å². The summed E-state index contributed by atoms with van der Waals surface area (Å²) in [4.78, 5) is 99.9. The van der Waals surface area contributed by atoms with Gasteiger partial charge in [-0.1, -0.05) is 25.0 Å². The molecule has 3 fully saturated rings. The summed E-state index contributed by atoms with van der Waals surface area (Å²) in [5.74, 6) is -1.33. The highest BCUT2D eigenvalue weighted by Gasteiger charge is 2.46.